The Morgan fingerprint density at radius 2 is 1.53 bits per heavy atom. The maximum Gasteiger partial charge on any atom is 0.149 e. The van der Waals surface area contributed by atoms with E-state index in [9.17, 15) is 5.11 Å². The lowest BCUT2D eigenvalue weighted by Gasteiger charge is -2.08. The van der Waals surface area contributed by atoms with Gasteiger partial charge >= 0.3 is 0 Å². The molecule has 1 N–H and O–H groups in total. The van der Waals surface area contributed by atoms with Crippen LogP contribution in [0.5, 0.6) is 17.2 Å². The summed E-state index contributed by atoms with van der Waals surface area (Å²) in [7, 11) is 0. The van der Waals surface area contributed by atoms with Crippen molar-refractivity contribution in [3.63, 3.8) is 0 Å². The highest BCUT2D eigenvalue weighted by Crippen LogP contribution is 2.37. The van der Waals surface area contributed by atoms with Crippen molar-refractivity contribution in [1.82, 2.24) is 0 Å². The van der Waals surface area contributed by atoms with Gasteiger partial charge in [-0.3, -0.25) is 0 Å². The quantitative estimate of drug-likeness (QED) is 0.829. The highest BCUT2D eigenvalue weighted by molar-refractivity contribution is 6.36. The summed E-state index contributed by atoms with van der Waals surface area (Å²) in [4.78, 5) is 0. The molecule has 0 bridgehead atoms. The van der Waals surface area contributed by atoms with Crippen LogP contribution in [-0.4, -0.2) is 5.11 Å². The van der Waals surface area contributed by atoms with Gasteiger partial charge in [-0.2, -0.15) is 0 Å². The first-order valence-electron chi connectivity index (χ1n) is 4.67. The predicted octanol–water partition coefficient (Wildman–Crippen LogP) is 5.14. The third-order valence-corrected chi connectivity index (χ3v) is 2.89. The summed E-state index contributed by atoms with van der Waals surface area (Å²) in [5.41, 5.74) is 0. The molecule has 0 atom stereocenters. The van der Waals surface area contributed by atoms with E-state index in [2.05, 4.69) is 0 Å². The number of phenols is 1. The Morgan fingerprint density at radius 1 is 0.882 bits per heavy atom. The molecule has 0 aliphatic rings. The molecule has 0 radical (unpaired) electrons. The van der Waals surface area contributed by atoms with Gasteiger partial charge in [0.05, 0.1) is 10.0 Å². The van der Waals surface area contributed by atoms with Gasteiger partial charge in [-0.15, -0.1) is 0 Å². The number of rotatable bonds is 2. The summed E-state index contributed by atoms with van der Waals surface area (Å²) < 4.78 is 5.49. The van der Waals surface area contributed by atoms with Crippen LogP contribution in [-0.2, 0) is 0 Å². The molecule has 0 saturated heterocycles. The molecule has 0 aliphatic carbocycles. The summed E-state index contributed by atoms with van der Waals surface area (Å²) in [6, 6.07) is 9.57. The van der Waals surface area contributed by atoms with Crippen molar-refractivity contribution >= 4 is 34.8 Å². The molecule has 5 heteroatoms. The summed E-state index contributed by atoms with van der Waals surface area (Å²) in [5.74, 6) is 0.814. The molecule has 0 heterocycles. The van der Waals surface area contributed by atoms with E-state index in [0.717, 1.165) is 0 Å². The van der Waals surface area contributed by atoms with E-state index in [1.54, 1.807) is 24.3 Å². The molecule has 0 saturated carbocycles. The average molecular weight is 290 g/mol. The molecule has 88 valence electrons. The molecule has 0 aliphatic heterocycles. The van der Waals surface area contributed by atoms with Gasteiger partial charge in [-0.25, -0.2) is 0 Å². The van der Waals surface area contributed by atoms with Crippen molar-refractivity contribution in [3.8, 4) is 17.2 Å². The average Bonchev–Trinajstić information content (AvgIpc) is 2.29. The topological polar surface area (TPSA) is 29.5 Å². The first kappa shape index (κ1) is 12.4. The van der Waals surface area contributed by atoms with E-state index in [0.29, 0.717) is 21.5 Å². The SMILES string of the molecule is Oc1cc(Oc2ccc(Cl)cc2)c(Cl)cc1Cl. The third-order valence-electron chi connectivity index (χ3n) is 2.04. The minimum atomic E-state index is -0.0833. The summed E-state index contributed by atoms with van der Waals surface area (Å²) in [6.45, 7) is 0. The lowest BCUT2D eigenvalue weighted by Crippen LogP contribution is -1.85. The Bertz CT molecular complexity index is 538. The molecule has 2 aromatic carbocycles. The zero-order valence-electron chi connectivity index (χ0n) is 8.45. The van der Waals surface area contributed by atoms with Crippen molar-refractivity contribution < 1.29 is 9.84 Å². The van der Waals surface area contributed by atoms with E-state index >= 15 is 0 Å². The van der Waals surface area contributed by atoms with Crippen molar-refractivity contribution in [3.05, 3.63) is 51.5 Å². The summed E-state index contributed by atoms with van der Waals surface area (Å²) in [6.07, 6.45) is 0. The molecule has 0 aromatic heterocycles. The number of hydrogen-bond acceptors (Lipinski definition) is 2. The van der Waals surface area contributed by atoms with Crippen LogP contribution in [0, 0.1) is 0 Å². The zero-order valence-corrected chi connectivity index (χ0v) is 10.7. The minimum Gasteiger partial charge on any atom is -0.506 e. The Kier molecular flexibility index (Phi) is 3.67. The van der Waals surface area contributed by atoms with E-state index < -0.39 is 0 Å². The van der Waals surface area contributed by atoms with Crippen LogP contribution >= 0.6 is 34.8 Å². The number of phenolic OH excluding ortho intramolecular Hbond substituents is 1. The second kappa shape index (κ2) is 5.05. The molecular weight excluding hydrogens is 282 g/mol. The smallest absolute Gasteiger partial charge is 0.149 e. The van der Waals surface area contributed by atoms with E-state index in [1.165, 1.54) is 12.1 Å². The summed E-state index contributed by atoms with van der Waals surface area (Å²) >= 11 is 17.4. The molecule has 2 aromatic rings. The van der Waals surface area contributed by atoms with Crippen LogP contribution in [0.25, 0.3) is 0 Å². The Labute approximate surface area is 113 Å². The molecule has 0 fully saturated rings. The van der Waals surface area contributed by atoms with E-state index in [-0.39, 0.29) is 10.8 Å². The van der Waals surface area contributed by atoms with Crippen LogP contribution in [0.1, 0.15) is 0 Å². The lowest BCUT2D eigenvalue weighted by molar-refractivity contribution is 0.455. The summed E-state index contributed by atoms with van der Waals surface area (Å²) in [5, 5.41) is 10.6. The van der Waals surface area contributed by atoms with Gasteiger partial charge in [-0.05, 0) is 30.3 Å². The maximum absolute atomic E-state index is 9.45. The van der Waals surface area contributed by atoms with Gasteiger partial charge in [0.2, 0.25) is 0 Å². The van der Waals surface area contributed by atoms with Gasteiger partial charge in [-0.1, -0.05) is 34.8 Å². The lowest BCUT2D eigenvalue weighted by atomic mass is 10.3. The van der Waals surface area contributed by atoms with Crippen molar-refractivity contribution in [1.29, 1.82) is 0 Å². The largest absolute Gasteiger partial charge is 0.506 e. The van der Waals surface area contributed by atoms with Crippen LogP contribution in [0.15, 0.2) is 36.4 Å². The van der Waals surface area contributed by atoms with Crippen molar-refractivity contribution in [2.45, 2.75) is 0 Å². The first-order valence-corrected chi connectivity index (χ1v) is 5.81. The van der Waals surface area contributed by atoms with Gasteiger partial charge < -0.3 is 9.84 Å². The van der Waals surface area contributed by atoms with Crippen LogP contribution in [0.3, 0.4) is 0 Å². The Morgan fingerprint density at radius 3 is 2.18 bits per heavy atom. The third kappa shape index (κ3) is 2.97. The molecule has 0 unspecified atom stereocenters. The van der Waals surface area contributed by atoms with Crippen molar-refractivity contribution in [2.24, 2.45) is 0 Å². The van der Waals surface area contributed by atoms with E-state index in [4.69, 9.17) is 39.5 Å². The maximum atomic E-state index is 9.45. The first-order chi connectivity index (χ1) is 8.06. The van der Waals surface area contributed by atoms with Crippen LogP contribution < -0.4 is 4.74 Å². The van der Waals surface area contributed by atoms with Crippen molar-refractivity contribution in [2.75, 3.05) is 0 Å². The molecule has 0 amide bonds. The normalized spacial score (nSPS) is 10.3. The second-order valence-corrected chi connectivity index (χ2v) is 4.54. The highest BCUT2D eigenvalue weighted by atomic mass is 35.5. The standard InChI is InChI=1S/C12H7Cl3O2/c13-7-1-3-8(4-2-7)17-12-6-11(16)9(14)5-10(12)15/h1-6,16H. The second-order valence-electron chi connectivity index (χ2n) is 3.29. The van der Waals surface area contributed by atoms with Gasteiger partial charge in [0.1, 0.15) is 17.2 Å². The minimum absolute atomic E-state index is 0.0833. The Balaban J connectivity index is 2.30. The molecule has 2 rings (SSSR count). The number of hydrogen-bond donors (Lipinski definition) is 1. The molecular formula is C12H7Cl3O2. The van der Waals surface area contributed by atoms with Crippen LogP contribution in [0.4, 0.5) is 0 Å². The number of benzene rings is 2. The number of aromatic hydroxyl groups is 1. The van der Waals surface area contributed by atoms with E-state index in [1.807, 2.05) is 0 Å². The molecule has 2 nitrogen and oxygen atoms in total. The molecule has 17 heavy (non-hydrogen) atoms. The molecule has 0 spiro atoms. The fourth-order valence-electron chi connectivity index (χ4n) is 1.23. The van der Waals surface area contributed by atoms with Gasteiger partial charge in [0.25, 0.3) is 0 Å². The van der Waals surface area contributed by atoms with Crippen LogP contribution in [0.2, 0.25) is 15.1 Å². The fourth-order valence-corrected chi connectivity index (χ4v) is 1.77. The predicted molar refractivity (Wildman–Crippen MR) is 69.7 cm³/mol. The monoisotopic (exact) mass is 288 g/mol. The zero-order chi connectivity index (χ0) is 12.4. The van der Waals surface area contributed by atoms with Gasteiger partial charge in [0, 0.05) is 11.1 Å². The van der Waals surface area contributed by atoms with Gasteiger partial charge in [0.15, 0.2) is 0 Å². The number of ether oxygens (including phenoxy) is 1. The Hall–Kier alpha value is -1.09. The fraction of sp³-hybridized carbons (Fsp3) is 0. The highest BCUT2D eigenvalue weighted by Gasteiger charge is 2.08. The number of halogens is 3.